The van der Waals surface area contributed by atoms with Gasteiger partial charge in [-0.25, -0.2) is 9.37 Å². The number of aromatic nitrogens is 1. The molecule has 2 aromatic rings. The van der Waals surface area contributed by atoms with Crippen LogP contribution in [0.25, 0.3) is 0 Å². The zero-order valence-corrected chi connectivity index (χ0v) is 10.7. The second-order valence-electron chi connectivity index (χ2n) is 3.96. The third-order valence-electron chi connectivity index (χ3n) is 2.48. The fraction of sp³-hybridized carbons (Fsp3) is 0.231. The van der Waals surface area contributed by atoms with E-state index >= 15 is 0 Å². The van der Waals surface area contributed by atoms with Crippen molar-refractivity contribution in [1.82, 2.24) is 4.98 Å². The number of aryl methyl sites for hydroxylation is 3. The first-order valence-corrected chi connectivity index (χ1v) is 6.05. The second kappa shape index (κ2) is 4.37. The van der Waals surface area contributed by atoms with Gasteiger partial charge in [0.1, 0.15) is 5.82 Å². The van der Waals surface area contributed by atoms with Crippen LogP contribution in [0, 0.1) is 26.6 Å². The van der Waals surface area contributed by atoms with E-state index in [0.717, 1.165) is 10.6 Å². The number of thiazole rings is 1. The molecule has 1 heterocycles. The summed E-state index contributed by atoms with van der Waals surface area (Å²) in [7, 11) is 0. The van der Waals surface area contributed by atoms with Gasteiger partial charge in [-0.1, -0.05) is 11.6 Å². The van der Waals surface area contributed by atoms with Crippen LogP contribution in [0.3, 0.4) is 0 Å². The largest absolute Gasteiger partial charge is 0.288 e. The van der Waals surface area contributed by atoms with E-state index in [0.29, 0.717) is 10.6 Å². The van der Waals surface area contributed by atoms with Gasteiger partial charge >= 0.3 is 0 Å². The zero-order chi connectivity index (χ0) is 12.6. The Bertz CT molecular complexity index is 589. The summed E-state index contributed by atoms with van der Waals surface area (Å²) in [5.41, 5.74) is 1.66. The Labute approximate surface area is 103 Å². The minimum absolute atomic E-state index is 0.122. The van der Waals surface area contributed by atoms with Gasteiger partial charge in [0.05, 0.1) is 21.1 Å². The van der Waals surface area contributed by atoms with Gasteiger partial charge in [-0.2, -0.15) is 0 Å². The molecular weight excluding hydrogens is 237 g/mol. The van der Waals surface area contributed by atoms with Crippen molar-refractivity contribution < 1.29 is 9.18 Å². The van der Waals surface area contributed by atoms with E-state index in [1.54, 1.807) is 19.1 Å². The summed E-state index contributed by atoms with van der Waals surface area (Å²) in [6, 6.07) is 4.55. The molecule has 0 fully saturated rings. The van der Waals surface area contributed by atoms with Gasteiger partial charge in [0.15, 0.2) is 0 Å². The maximum atomic E-state index is 13.6. The molecule has 0 bridgehead atoms. The van der Waals surface area contributed by atoms with Gasteiger partial charge in [-0.05, 0) is 32.9 Å². The molecule has 1 aromatic carbocycles. The monoisotopic (exact) mass is 249 g/mol. The third kappa shape index (κ3) is 2.26. The van der Waals surface area contributed by atoms with Gasteiger partial charge in [-0.15, -0.1) is 11.3 Å². The van der Waals surface area contributed by atoms with Gasteiger partial charge < -0.3 is 0 Å². The van der Waals surface area contributed by atoms with E-state index < -0.39 is 5.82 Å². The van der Waals surface area contributed by atoms with Crippen molar-refractivity contribution in [3.63, 3.8) is 0 Å². The summed E-state index contributed by atoms with van der Waals surface area (Å²) in [6.45, 7) is 5.44. The fourth-order valence-corrected chi connectivity index (χ4v) is 2.55. The molecule has 88 valence electrons. The highest BCUT2D eigenvalue weighted by atomic mass is 32.1. The van der Waals surface area contributed by atoms with Crippen LogP contribution in [0.2, 0.25) is 0 Å². The van der Waals surface area contributed by atoms with Crippen LogP contribution in [-0.2, 0) is 0 Å². The van der Waals surface area contributed by atoms with Crippen LogP contribution < -0.4 is 0 Å². The molecule has 0 aliphatic heterocycles. The van der Waals surface area contributed by atoms with Crippen molar-refractivity contribution in [2.45, 2.75) is 20.8 Å². The van der Waals surface area contributed by atoms with Crippen molar-refractivity contribution in [3.05, 3.63) is 50.7 Å². The lowest BCUT2D eigenvalue weighted by Crippen LogP contribution is -2.04. The lowest BCUT2D eigenvalue weighted by atomic mass is 10.1. The molecule has 4 heteroatoms. The molecule has 0 aliphatic carbocycles. The summed E-state index contributed by atoms with van der Waals surface area (Å²) in [5.74, 6) is -0.764. The summed E-state index contributed by atoms with van der Waals surface area (Å²) < 4.78 is 13.6. The number of hydrogen-bond acceptors (Lipinski definition) is 3. The first-order valence-electron chi connectivity index (χ1n) is 5.24. The molecule has 0 radical (unpaired) electrons. The predicted molar refractivity (Wildman–Crippen MR) is 66.2 cm³/mol. The topological polar surface area (TPSA) is 30.0 Å². The molecule has 0 spiro atoms. The summed E-state index contributed by atoms with van der Waals surface area (Å²) >= 11 is 1.30. The summed E-state index contributed by atoms with van der Waals surface area (Å²) in [6.07, 6.45) is 0. The highest BCUT2D eigenvalue weighted by Gasteiger charge is 2.19. The first kappa shape index (κ1) is 11.9. The highest BCUT2D eigenvalue weighted by molar-refractivity contribution is 7.14. The molecule has 0 saturated carbocycles. The van der Waals surface area contributed by atoms with Crippen molar-refractivity contribution in [3.8, 4) is 0 Å². The number of carbonyl (C=O) groups is 1. The quantitative estimate of drug-likeness (QED) is 0.763. The van der Waals surface area contributed by atoms with E-state index in [1.165, 1.54) is 17.4 Å². The van der Waals surface area contributed by atoms with Crippen LogP contribution >= 0.6 is 11.3 Å². The standard InChI is InChI=1S/C13H12FNOS/c1-7-4-5-11(14)10(6-7)12(16)13-8(2)15-9(3)17-13/h4-6H,1-3H3. The number of hydrogen-bond donors (Lipinski definition) is 0. The van der Waals surface area contributed by atoms with Crippen LogP contribution in [-0.4, -0.2) is 10.8 Å². The minimum atomic E-state index is -0.481. The van der Waals surface area contributed by atoms with E-state index in [4.69, 9.17) is 0 Å². The fourth-order valence-electron chi connectivity index (χ4n) is 1.68. The summed E-state index contributed by atoms with van der Waals surface area (Å²) in [4.78, 5) is 16.9. The van der Waals surface area contributed by atoms with Crippen molar-refractivity contribution >= 4 is 17.1 Å². The Hall–Kier alpha value is -1.55. The van der Waals surface area contributed by atoms with E-state index in [9.17, 15) is 9.18 Å². The summed E-state index contributed by atoms with van der Waals surface area (Å²) in [5, 5.41) is 0.818. The first-order chi connectivity index (χ1) is 7.99. The maximum Gasteiger partial charge on any atom is 0.207 e. The predicted octanol–water partition coefficient (Wildman–Crippen LogP) is 3.44. The van der Waals surface area contributed by atoms with E-state index in [-0.39, 0.29) is 11.3 Å². The van der Waals surface area contributed by atoms with Crippen molar-refractivity contribution in [2.24, 2.45) is 0 Å². The SMILES string of the molecule is Cc1ccc(F)c(C(=O)c2sc(C)nc2C)c1. The average Bonchev–Trinajstić information content (AvgIpc) is 2.60. The Kier molecular flexibility index (Phi) is 3.07. The molecule has 0 aliphatic rings. The number of rotatable bonds is 2. The number of nitrogens with zero attached hydrogens (tertiary/aromatic N) is 1. The molecule has 17 heavy (non-hydrogen) atoms. The number of ketones is 1. The Morgan fingerprint density at radius 3 is 2.59 bits per heavy atom. The van der Waals surface area contributed by atoms with Crippen LogP contribution in [0.1, 0.15) is 31.5 Å². The van der Waals surface area contributed by atoms with Crippen molar-refractivity contribution in [2.75, 3.05) is 0 Å². The van der Waals surface area contributed by atoms with Gasteiger partial charge in [0.2, 0.25) is 5.78 Å². The number of halogens is 1. The van der Waals surface area contributed by atoms with Crippen LogP contribution in [0.15, 0.2) is 18.2 Å². The van der Waals surface area contributed by atoms with Gasteiger partial charge in [0.25, 0.3) is 0 Å². The highest BCUT2D eigenvalue weighted by Crippen LogP contribution is 2.22. The lowest BCUT2D eigenvalue weighted by Gasteiger charge is -2.02. The molecular formula is C13H12FNOS. The smallest absolute Gasteiger partial charge is 0.207 e. The number of carbonyl (C=O) groups excluding carboxylic acids is 1. The maximum absolute atomic E-state index is 13.6. The normalized spacial score (nSPS) is 10.6. The number of benzene rings is 1. The molecule has 0 N–H and O–H groups in total. The van der Waals surface area contributed by atoms with Crippen molar-refractivity contribution in [1.29, 1.82) is 0 Å². The van der Waals surface area contributed by atoms with Gasteiger partial charge in [-0.3, -0.25) is 4.79 Å². The molecule has 0 saturated heterocycles. The van der Waals surface area contributed by atoms with E-state index in [2.05, 4.69) is 4.98 Å². The van der Waals surface area contributed by atoms with Crippen LogP contribution in [0.4, 0.5) is 4.39 Å². The Morgan fingerprint density at radius 2 is 2.00 bits per heavy atom. The molecule has 0 amide bonds. The second-order valence-corrected chi connectivity index (χ2v) is 5.16. The third-order valence-corrected chi connectivity index (χ3v) is 3.55. The molecule has 2 rings (SSSR count). The molecule has 2 nitrogen and oxygen atoms in total. The van der Waals surface area contributed by atoms with E-state index in [1.807, 2.05) is 13.8 Å². The molecule has 1 aromatic heterocycles. The lowest BCUT2D eigenvalue weighted by molar-refractivity contribution is 0.103. The molecule has 0 atom stereocenters. The average molecular weight is 249 g/mol. The Morgan fingerprint density at radius 1 is 1.29 bits per heavy atom. The van der Waals surface area contributed by atoms with Gasteiger partial charge in [0, 0.05) is 0 Å². The minimum Gasteiger partial charge on any atom is -0.288 e. The molecule has 0 unspecified atom stereocenters. The van der Waals surface area contributed by atoms with Crippen LogP contribution in [0.5, 0.6) is 0 Å². The zero-order valence-electron chi connectivity index (χ0n) is 9.87. The Balaban J connectivity index is 2.50.